The van der Waals surface area contributed by atoms with Crippen LogP contribution in [0.25, 0.3) is 22.1 Å². The number of nitrogens with one attached hydrogen (secondary N) is 4. The SMILES string of the molecule is COc1cc(C(=O)Nc2cc(C)cc3c2Oc2c(NC(=O)c4cccc5nc6c(C(=O)Nc7cc(C)cc8c7Oc7c(NC(=O)c9cc(OC)c(OC)c(OC)c9)cc(C)cc7C8(C)C)cccc6nc45)cc(C)cc2C3(C)C)cc(OC)c1OC. The number of aryl methyl sites for hydroxylation is 4. The molecule has 0 fully saturated rings. The van der Waals surface area contributed by atoms with E-state index in [4.69, 9.17) is 47.9 Å². The van der Waals surface area contributed by atoms with E-state index in [0.717, 1.165) is 44.5 Å². The summed E-state index contributed by atoms with van der Waals surface area (Å²) < 4.78 is 46.8. The predicted octanol–water partition coefficient (Wildman–Crippen LogP) is 13.9. The predicted molar refractivity (Wildman–Crippen MR) is 330 cm³/mol. The summed E-state index contributed by atoms with van der Waals surface area (Å²) in [4.78, 5) is 67.7. The van der Waals surface area contributed by atoms with E-state index >= 15 is 0 Å². The maximum atomic E-state index is 14.8. The van der Waals surface area contributed by atoms with Crippen LogP contribution in [0, 0.1) is 27.7 Å². The lowest BCUT2D eigenvalue weighted by atomic mass is 9.74. The van der Waals surface area contributed by atoms with Crippen LogP contribution >= 0.6 is 0 Å². The van der Waals surface area contributed by atoms with Gasteiger partial charge in [0.05, 0.1) is 87.6 Å². The van der Waals surface area contributed by atoms with Gasteiger partial charge in [-0.3, -0.25) is 19.2 Å². The molecule has 18 heteroatoms. The number of anilines is 4. The Balaban J connectivity index is 0.888. The molecule has 11 rings (SSSR count). The van der Waals surface area contributed by atoms with Gasteiger partial charge in [-0.1, -0.05) is 64.1 Å². The summed E-state index contributed by atoms with van der Waals surface area (Å²) in [7, 11) is 8.91. The maximum absolute atomic E-state index is 14.8. The monoisotopic (exact) mass is 1160 g/mol. The van der Waals surface area contributed by atoms with Crippen LogP contribution < -0.4 is 59.2 Å². The Morgan fingerprint density at radius 1 is 0.384 bits per heavy atom. The molecule has 2 aliphatic heterocycles. The Hall–Kier alpha value is -10.4. The lowest BCUT2D eigenvalue weighted by molar-refractivity contribution is 0.101. The van der Waals surface area contributed by atoms with Gasteiger partial charge in [0.25, 0.3) is 23.6 Å². The zero-order valence-electron chi connectivity index (χ0n) is 50.2. The molecule has 8 aromatic carbocycles. The van der Waals surface area contributed by atoms with E-state index in [2.05, 4.69) is 49.0 Å². The first kappa shape index (κ1) is 57.5. The molecule has 9 aromatic rings. The van der Waals surface area contributed by atoms with Crippen LogP contribution in [0.5, 0.6) is 57.5 Å². The number of carbonyl (C=O) groups excluding carboxylic acids is 4. The van der Waals surface area contributed by atoms with E-state index in [-0.39, 0.29) is 22.3 Å². The molecule has 0 aliphatic carbocycles. The van der Waals surface area contributed by atoms with E-state index in [9.17, 15) is 19.2 Å². The third-order valence-corrected chi connectivity index (χ3v) is 15.9. The average Bonchev–Trinajstić information content (AvgIpc) is 0.773. The molecule has 0 spiro atoms. The fraction of sp³-hybridized carbons (Fsp3) is 0.235. The van der Waals surface area contributed by atoms with Crippen LogP contribution in [0.3, 0.4) is 0 Å². The Morgan fingerprint density at radius 2 is 0.663 bits per heavy atom. The molecule has 0 bridgehead atoms. The van der Waals surface area contributed by atoms with Gasteiger partial charge in [-0.15, -0.1) is 0 Å². The van der Waals surface area contributed by atoms with E-state index in [1.165, 1.54) is 42.7 Å². The molecule has 0 unspecified atom stereocenters. The Labute approximate surface area is 497 Å². The number of para-hydroxylation sites is 2. The fourth-order valence-corrected chi connectivity index (χ4v) is 11.5. The third-order valence-electron chi connectivity index (χ3n) is 15.9. The molecular formula is C68H64N6O12. The molecule has 438 valence electrons. The number of methoxy groups -OCH3 is 6. The van der Waals surface area contributed by atoms with Gasteiger partial charge >= 0.3 is 0 Å². The van der Waals surface area contributed by atoms with Crippen molar-refractivity contribution >= 4 is 68.4 Å². The molecule has 0 atom stereocenters. The van der Waals surface area contributed by atoms with E-state index in [1.807, 2.05) is 76.2 Å². The van der Waals surface area contributed by atoms with Crippen molar-refractivity contribution in [1.29, 1.82) is 0 Å². The highest BCUT2D eigenvalue weighted by Gasteiger charge is 2.40. The molecule has 3 heterocycles. The summed E-state index contributed by atoms with van der Waals surface area (Å²) >= 11 is 0. The number of hydrogen-bond acceptors (Lipinski definition) is 14. The highest BCUT2D eigenvalue weighted by atomic mass is 16.5. The molecule has 0 saturated heterocycles. The molecule has 4 amide bonds. The molecule has 86 heavy (non-hydrogen) atoms. The van der Waals surface area contributed by atoms with Gasteiger partial charge in [0.15, 0.2) is 46.0 Å². The summed E-state index contributed by atoms with van der Waals surface area (Å²) in [6.45, 7) is 16.1. The minimum absolute atomic E-state index is 0.229. The van der Waals surface area contributed by atoms with Gasteiger partial charge in [-0.05, 0) is 123 Å². The van der Waals surface area contributed by atoms with Gasteiger partial charge < -0.3 is 59.2 Å². The second-order valence-electron chi connectivity index (χ2n) is 22.4. The second-order valence-corrected chi connectivity index (χ2v) is 22.4. The first-order valence-corrected chi connectivity index (χ1v) is 27.6. The fourth-order valence-electron chi connectivity index (χ4n) is 11.5. The quantitative estimate of drug-likeness (QED) is 0.0745. The van der Waals surface area contributed by atoms with Gasteiger partial charge in [-0.2, -0.15) is 0 Å². The van der Waals surface area contributed by atoms with Gasteiger partial charge in [0.2, 0.25) is 11.5 Å². The smallest absolute Gasteiger partial charge is 0.258 e. The summed E-state index contributed by atoms with van der Waals surface area (Å²) in [6, 6.07) is 32.0. The lowest BCUT2D eigenvalue weighted by Gasteiger charge is -2.37. The minimum Gasteiger partial charge on any atom is -0.493 e. The Kier molecular flexibility index (Phi) is 14.7. The number of ether oxygens (including phenoxy) is 8. The summed E-state index contributed by atoms with van der Waals surface area (Å²) in [6.07, 6.45) is 0. The molecule has 2 aliphatic rings. The molecular weight excluding hydrogens is 1090 g/mol. The van der Waals surface area contributed by atoms with E-state index in [0.29, 0.717) is 102 Å². The van der Waals surface area contributed by atoms with Crippen molar-refractivity contribution in [2.24, 2.45) is 0 Å². The number of aromatic nitrogens is 2. The van der Waals surface area contributed by atoms with Crippen LogP contribution in [0.2, 0.25) is 0 Å². The normalized spacial score (nSPS) is 13.1. The van der Waals surface area contributed by atoms with Crippen LogP contribution in [-0.4, -0.2) is 76.3 Å². The summed E-state index contributed by atoms with van der Waals surface area (Å²) in [5, 5.41) is 12.4. The highest BCUT2D eigenvalue weighted by Crippen LogP contribution is 2.56. The van der Waals surface area contributed by atoms with Crippen LogP contribution in [0.4, 0.5) is 22.7 Å². The zero-order valence-corrected chi connectivity index (χ0v) is 50.2. The van der Waals surface area contributed by atoms with Gasteiger partial charge in [0.1, 0.15) is 11.0 Å². The summed E-state index contributed by atoms with van der Waals surface area (Å²) in [5.41, 5.74) is 9.49. The van der Waals surface area contributed by atoms with Crippen molar-refractivity contribution < 1.29 is 57.1 Å². The van der Waals surface area contributed by atoms with Crippen molar-refractivity contribution in [3.63, 3.8) is 0 Å². The van der Waals surface area contributed by atoms with Crippen LogP contribution in [-0.2, 0) is 10.8 Å². The zero-order chi connectivity index (χ0) is 61.3. The Bertz CT molecular complexity index is 4030. The molecule has 0 saturated carbocycles. The van der Waals surface area contributed by atoms with Crippen molar-refractivity contribution in [3.05, 3.63) is 176 Å². The van der Waals surface area contributed by atoms with E-state index < -0.39 is 34.5 Å². The van der Waals surface area contributed by atoms with Crippen molar-refractivity contribution in [3.8, 4) is 57.5 Å². The standard InChI is InChI=1S/C68H64N6O12/c1-33-21-41-57(47(25-33)71-63(75)37-29-51(79-9)61(83-13)52(30-37)80-10)85-59-43(67(41,5)6)23-35(3)27-49(59)73-65(77)39-17-15-19-45-55(39)69-46-20-16-18-40(56(46)70-45)66(78)74-50-28-36(4)24-44-60(50)86-58-42(68(44,7)8)22-34(2)26-48(58)72-64(76)38-31-53(81-11)62(84-14)54(32-38)82-12/h15-32H,1-14H3,(H,71,75)(H,72,76)(H,73,77)(H,74,78). The highest BCUT2D eigenvalue weighted by molar-refractivity contribution is 6.16. The van der Waals surface area contributed by atoms with Crippen LogP contribution in [0.1, 0.15) is 114 Å². The van der Waals surface area contributed by atoms with E-state index in [1.54, 1.807) is 60.7 Å². The first-order valence-electron chi connectivity index (χ1n) is 27.6. The number of carbonyl (C=O) groups is 4. The van der Waals surface area contributed by atoms with Crippen LogP contribution in [0.15, 0.2) is 109 Å². The topological polar surface area (TPSA) is 216 Å². The second kappa shape index (κ2) is 22.0. The average molecular weight is 1160 g/mol. The maximum Gasteiger partial charge on any atom is 0.258 e. The van der Waals surface area contributed by atoms with Crippen molar-refractivity contribution in [2.75, 3.05) is 63.9 Å². The number of fused-ring (bicyclic) bond motifs is 6. The number of amides is 4. The summed E-state index contributed by atoms with van der Waals surface area (Å²) in [5.74, 6) is 1.77. The number of rotatable bonds is 14. The molecule has 1 aromatic heterocycles. The van der Waals surface area contributed by atoms with Crippen molar-refractivity contribution in [2.45, 2.75) is 66.2 Å². The number of hydrogen-bond donors (Lipinski definition) is 4. The number of benzene rings is 8. The largest absolute Gasteiger partial charge is 0.493 e. The third kappa shape index (κ3) is 9.95. The number of nitrogens with zero attached hydrogens (tertiary/aromatic N) is 2. The van der Waals surface area contributed by atoms with Crippen molar-refractivity contribution in [1.82, 2.24) is 9.97 Å². The molecule has 4 N–H and O–H groups in total. The lowest BCUT2D eigenvalue weighted by Crippen LogP contribution is -2.27. The molecule has 0 radical (unpaired) electrons. The van der Waals surface area contributed by atoms with Gasteiger partial charge in [0, 0.05) is 44.2 Å². The first-order chi connectivity index (χ1) is 41.1. The Morgan fingerprint density at radius 3 is 0.930 bits per heavy atom. The van der Waals surface area contributed by atoms with Gasteiger partial charge in [-0.25, -0.2) is 9.97 Å². The molecule has 18 nitrogen and oxygen atoms in total. The minimum atomic E-state index is -0.666.